The minimum atomic E-state index is -4.10. The number of halogens is 2. The lowest BCUT2D eigenvalue weighted by molar-refractivity contribution is -0.139. The van der Waals surface area contributed by atoms with Gasteiger partial charge < -0.3 is 10.2 Å². The first-order chi connectivity index (χ1) is 17.0. The van der Waals surface area contributed by atoms with Gasteiger partial charge >= 0.3 is 0 Å². The summed E-state index contributed by atoms with van der Waals surface area (Å²) in [6.45, 7) is 3.03. The Balaban J connectivity index is 2.03. The largest absolute Gasteiger partial charge is 0.357 e. The zero-order valence-electron chi connectivity index (χ0n) is 20.1. The van der Waals surface area contributed by atoms with Crippen molar-refractivity contribution in [2.24, 2.45) is 0 Å². The Hall–Kier alpha value is -2.88. The molecule has 0 saturated carbocycles. The number of rotatable bonds is 9. The molecule has 1 atom stereocenters. The third-order valence-corrected chi connectivity index (χ3v) is 8.16. The molecule has 2 amide bonds. The molecule has 3 aromatic rings. The van der Waals surface area contributed by atoms with Crippen LogP contribution in [0.2, 0.25) is 5.02 Å². The Labute approximate surface area is 225 Å². The fraction of sp³-hybridized carbons (Fsp3) is 0.231. The smallest absolute Gasteiger partial charge is 0.264 e. The number of amides is 2. The SMILES string of the molecule is CNC(=O)[C@@H](C)N(Cc1cccc(Cl)c1)C(=O)CN(c1cccc(Br)c1)S(=O)(=O)c1ccc(C)cc1. The molecule has 0 aliphatic heterocycles. The Morgan fingerprint density at radius 2 is 1.69 bits per heavy atom. The summed E-state index contributed by atoms with van der Waals surface area (Å²) >= 11 is 9.50. The lowest BCUT2D eigenvalue weighted by Crippen LogP contribution is -2.50. The van der Waals surface area contributed by atoms with Gasteiger partial charge in [0, 0.05) is 23.1 Å². The summed E-state index contributed by atoms with van der Waals surface area (Å²) in [6, 6.07) is 19.2. The number of benzene rings is 3. The van der Waals surface area contributed by atoms with Gasteiger partial charge in [0.1, 0.15) is 12.6 Å². The third-order valence-electron chi connectivity index (χ3n) is 5.64. The van der Waals surface area contributed by atoms with Crippen molar-refractivity contribution in [3.8, 4) is 0 Å². The predicted octanol–water partition coefficient (Wildman–Crippen LogP) is 4.77. The zero-order chi connectivity index (χ0) is 26.5. The monoisotopic (exact) mass is 591 g/mol. The van der Waals surface area contributed by atoms with Gasteiger partial charge in [-0.25, -0.2) is 8.42 Å². The Morgan fingerprint density at radius 3 is 2.31 bits per heavy atom. The van der Waals surface area contributed by atoms with E-state index in [9.17, 15) is 18.0 Å². The van der Waals surface area contributed by atoms with E-state index in [4.69, 9.17) is 11.6 Å². The fourth-order valence-electron chi connectivity index (χ4n) is 3.62. The summed E-state index contributed by atoms with van der Waals surface area (Å²) in [4.78, 5) is 27.6. The van der Waals surface area contributed by atoms with Gasteiger partial charge in [0.25, 0.3) is 10.0 Å². The second-order valence-corrected chi connectivity index (χ2v) is 11.5. The summed E-state index contributed by atoms with van der Waals surface area (Å²) in [5.41, 5.74) is 1.93. The molecule has 10 heteroatoms. The second-order valence-electron chi connectivity index (χ2n) is 8.25. The molecule has 0 fully saturated rings. The predicted molar refractivity (Wildman–Crippen MR) is 145 cm³/mol. The minimum absolute atomic E-state index is 0.0571. The molecule has 0 spiro atoms. The third kappa shape index (κ3) is 6.66. The summed E-state index contributed by atoms with van der Waals surface area (Å²) in [6.07, 6.45) is 0. The van der Waals surface area contributed by atoms with E-state index in [1.807, 2.05) is 6.92 Å². The van der Waals surface area contributed by atoms with E-state index in [1.54, 1.807) is 67.6 Å². The van der Waals surface area contributed by atoms with E-state index in [0.717, 1.165) is 9.87 Å². The Bertz CT molecular complexity index is 1350. The number of hydrogen-bond donors (Lipinski definition) is 1. The first kappa shape index (κ1) is 27.7. The standard InChI is InChI=1S/C26H27BrClN3O4S/c1-18-10-12-24(13-11-18)36(34,35)31(23-9-5-7-21(27)15-23)17-25(32)30(19(2)26(33)29-3)16-20-6-4-8-22(28)14-20/h4-15,19H,16-17H2,1-3H3,(H,29,33)/t19-/m1/s1. The molecule has 0 aliphatic carbocycles. The number of hydrogen-bond acceptors (Lipinski definition) is 4. The van der Waals surface area contributed by atoms with E-state index in [2.05, 4.69) is 21.2 Å². The highest BCUT2D eigenvalue weighted by Crippen LogP contribution is 2.27. The number of carbonyl (C=O) groups is 2. The van der Waals surface area contributed by atoms with Crippen molar-refractivity contribution >= 4 is 55.1 Å². The van der Waals surface area contributed by atoms with Crippen molar-refractivity contribution in [3.63, 3.8) is 0 Å². The quantitative estimate of drug-likeness (QED) is 0.388. The maximum absolute atomic E-state index is 13.7. The van der Waals surface area contributed by atoms with Crippen LogP contribution in [-0.4, -0.2) is 44.8 Å². The van der Waals surface area contributed by atoms with Crippen LogP contribution in [0.3, 0.4) is 0 Å². The van der Waals surface area contributed by atoms with Crippen LogP contribution in [0.25, 0.3) is 0 Å². The lowest BCUT2D eigenvalue weighted by atomic mass is 10.1. The second kappa shape index (κ2) is 11.9. The van der Waals surface area contributed by atoms with Crippen LogP contribution in [0.4, 0.5) is 5.69 Å². The van der Waals surface area contributed by atoms with E-state index in [-0.39, 0.29) is 17.3 Å². The average molecular weight is 593 g/mol. The van der Waals surface area contributed by atoms with Gasteiger partial charge in [0.05, 0.1) is 10.6 Å². The molecule has 190 valence electrons. The van der Waals surface area contributed by atoms with Gasteiger partial charge in [-0.15, -0.1) is 0 Å². The molecule has 7 nitrogen and oxygen atoms in total. The van der Waals surface area contributed by atoms with Crippen LogP contribution in [0.1, 0.15) is 18.1 Å². The van der Waals surface area contributed by atoms with Crippen molar-refractivity contribution in [2.45, 2.75) is 31.3 Å². The number of anilines is 1. The number of likely N-dealkylation sites (N-methyl/N-ethyl adjacent to an activating group) is 1. The summed E-state index contributed by atoms with van der Waals surface area (Å²) < 4.78 is 29.2. The Morgan fingerprint density at radius 1 is 1.03 bits per heavy atom. The van der Waals surface area contributed by atoms with Crippen LogP contribution < -0.4 is 9.62 Å². The maximum atomic E-state index is 13.7. The van der Waals surface area contributed by atoms with Crippen molar-refractivity contribution in [2.75, 3.05) is 17.9 Å². The topological polar surface area (TPSA) is 86.8 Å². The highest BCUT2D eigenvalue weighted by Gasteiger charge is 2.32. The number of carbonyl (C=O) groups excluding carboxylic acids is 2. The summed E-state index contributed by atoms with van der Waals surface area (Å²) in [5, 5.41) is 3.05. The van der Waals surface area contributed by atoms with Gasteiger partial charge in [-0.1, -0.05) is 63.4 Å². The summed E-state index contributed by atoms with van der Waals surface area (Å²) in [7, 11) is -2.62. The highest BCUT2D eigenvalue weighted by atomic mass is 79.9. The van der Waals surface area contributed by atoms with Crippen molar-refractivity contribution in [3.05, 3.63) is 93.4 Å². The van der Waals surface area contributed by atoms with Gasteiger partial charge in [0.2, 0.25) is 11.8 Å². The van der Waals surface area contributed by atoms with Crippen LogP contribution in [-0.2, 0) is 26.2 Å². The van der Waals surface area contributed by atoms with Crippen molar-refractivity contribution in [1.82, 2.24) is 10.2 Å². The number of sulfonamides is 1. The molecule has 1 N–H and O–H groups in total. The molecule has 0 saturated heterocycles. The van der Waals surface area contributed by atoms with Crippen molar-refractivity contribution in [1.29, 1.82) is 0 Å². The van der Waals surface area contributed by atoms with Crippen molar-refractivity contribution < 1.29 is 18.0 Å². The molecule has 0 radical (unpaired) electrons. The van der Waals surface area contributed by atoms with Gasteiger partial charge in [-0.2, -0.15) is 0 Å². The lowest BCUT2D eigenvalue weighted by Gasteiger charge is -2.31. The molecule has 3 rings (SSSR count). The summed E-state index contributed by atoms with van der Waals surface area (Å²) in [5.74, 6) is -0.914. The number of nitrogens with zero attached hydrogens (tertiary/aromatic N) is 2. The number of nitrogens with one attached hydrogen (secondary N) is 1. The number of aryl methyl sites for hydroxylation is 1. The van der Waals surface area contributed by atoms with E-state index >= 15 is 0 Å². The van der Waals surface area contributed by atoms with Crippen LogP contribution in [0.15, 0.2) is 82.2 Å². The first-order valence-electron chi connectivity index (χ1n) is 11.1. The molecule has 3 aromatic carbocycles. The van der Waals surface area contributed by atoms with E-state index < -0.39 is 28.5 Å². The molecular weight excluding hydrogens is 566 g/mol. The van der Waals surface area contributed by atoms with Gasteiger partial charge in [-0.05, 0) is 61.9 Å². The zero-order valence-corrected chi connectivity index (χ0v) is 23.3. The van der Waals surface area contributed by atoms with E-state index in [0.29, 0.717) is 20.7 Å². The molecule has 0 heterocycles. The van der Waals surface area contributed by atoms with Crippen LogP contribution in [0, 0.1) is 6.92 Å². The average Bonchev–Trinajstić information content (AvgIpc) is 2.85. The van der Waals surface area contributed by atoms with E-state index in [1.165, 1.54) is 24.1 Å². The maximum Gasteiger partial charge on any atom is 0.264 e. The first-order valence-corrected chi connectivity index (χ1v) is 13.7. The van der Waals surface area contributed by atoms with Crippen LogP contribution in [0.5, 0.6) is 0 Å². The molecule has 0 bridgehead atoms. The Kier molecular flexibility index (Phi) is 9.16. The molecule has 0 unspecified atom stereocenters. The minimum Gasteiger partial charge on any atom is -0.357 e. The van der Waals surface area contributed by atoms with Gasteiger partial charge in [-0.3, -0.25) is 13.9 Å². The normalized spacial score (nSPS) is 12.0. The fourth-order valence-corrected chi connectivity index (χ4v) is 5.63. The molecule has 0 aliphatic rings. The van der Waals surface area contributed by atoms with Gasteiger partial charge in [0.15, 0.2) is 0 Å². The highest BCUT2D eigenvalue weighted by molar-refractivity contribution is 9.10. The molecule has 0 aromatic heterocycles. The van der Waals surface area contributed by atoms with Crippen LogP contribution >= 0.6 is 27.5 Å². The molecular formula is C26H27BrClN3O4S. The molecule has 36 heavy (non-hydrogen) atoms.